The van der Waals surface area contributed by atoms with Crippen LogP contribution in [-0.2, 0) is 31.4 Å². The Morgan fingerprint density at radius 2 is 1.07 bits per heavy atom. The number of amides is 4. The van der Waals surface area contributed by atoms with Gasteiger partial charge < -0.3 is 24.2 Å². The summed E-state index contributed by atoms with van der Waals surface area (Å²) in [5.41, 5.74) is -0.351. The molecule has 1 unspecified atom stereocenters. The van der Waals surface area contributed by atoms with Crippen LogP contribution in [0.25, 0.3) is 0 Å². The molecule has 0 aliphatic carbocycles. The van der Waals surface area contributed by atoms with Gasteiger partial charge in [-0.15, -0.1) is 0 Å². The number of ether oxygens (including phenoxy) is 2. The van der Waals surface area contributed by atoms with Crippen molar-refractivity contribution >= 4 is 35.4 Å². The van der Waals surface area contributed by atoms with Crippen LogP contribution in [0, 0.1) is 22.7 Å². The molecule has 14 nitrogen and oxygen atoms in total. The van der Waals surface area contributed by atoms with Gasteiger partial charge in [0, 0.05) is 37.4 Å². The van der Waals surface area contributed by atoms with Gasteiger partial charge in [0.25, 0.3) is 0 Å². The van der Waals surface area contributed by atoms with Crippen LogP contribution in [0.2, 0.25) is 0 Å². The largest absolute Gasteiger partial charge is 0.463 e. The summed E-state index contributed by atoms with van der Waals surface area (Å²) in [5.74, 6) is -1.54. The molecule has 0 saturated carbocycles. The van der Waals surface area contributed by atoms with Gasteiger partial charge in [-0.3, -0.25) is 14.7 Å². The molecule has 73 heavy (non-hydrogen) atoms. The van der Waals surface area contributed by atoms with Crippen LogP contribution in [0.3, 0.4) is 0 Å². The van der Waals surface area contributed by atoms with Gasteiger partial charge in [-0.1, -0.05) is 36.4 Å². The Kier molecular flexibility index (Phi) is 16.0. The number of alkyl halides is 6. The molecule has 3 atom stereocenters. The molecule has 4 aromatic carbocycles. The first-order valence-corrected chi connectivity index (χ1v) is 23.4. The van der Waals surface area contributed by atoms with Crippen molar-refractivity contribution < 1.29 is 59.9 Å². The normalized spacial score (nSPS) is 18.4. The lowest BCUT2D eigenvalue weighted by atomic mass is 9.92. The van der Waals surface area contributed by atoms with E-state index in [4.69, 9.17) is 9.47 Å². The topological polar surface area (TPSA) is 155 Å². The summed E-state index contributed by atoms with van der Waals surface area (Å²) in [6.07, 6.45) is -5.00. The second-order valence-electron chi connectivity index (χ2n) is 17.3. The number of urea groups is 2. The maximum Gasteiger partial charge on any atom is 0.416 e. The average Bonchev–Trinajstić information content (AvgIpc) is 3.82. The Balaban J connectivity index is 1.11. The number of halogens is 6. The van der Waals surface area contributed by atoms with Crippen molar-refractivity contribution in [1.29, 1.82) is 10.5 Å². The van der Waals surface area contributed by atoms with Crippen LogP contribution in [0.5, 0.6) is 0 Å². The van der Waals surface area contributed by atoms with Gasteiger partial charge in [0.1, 0.15) is 6.20 Å². The quantitative estimate of drug-likeness (QED) is 0.0855. The molecular weight excluding hydrogens is 959 g/mol. The van der Waals surface area contributed by atoms with Crippen molar-refractivity contribution in [1.82, 2.24) is 14.7 Å². The maximum atomic E-state index is 14.7. The molecule has 0 spiro atoms. The molecular formula is C53H51F6N8O6+. The highest BCUT2D eigenvalue weighted by Gasteiger charge is 2.45. The zero-order chi connectivity index (χ0) is 52.8. The highest BCUT2D eigenvalue weighted by molar-refractivity contribution is 6.04. The Bertz CT molecular complexity index is 2730. The second kappa shape index (κ2) is 22.1. The molecule has 0 radical (unpaired) electrons. The number of benzene rings is 4. The van der Waals surface area contributed by atoms with E-state index in [0.717, 1.165) is 39.0 Å². The van der Waals surface area contributed by atoms with Gasteiger partial charge in [-0.05, 0) is 106 Å². The standard InChI is InChI=1S/C53H50F6N8O6/c1-5-72-48(68)44-34(3)66(42-13-7-11-40(29-42)52(54,55)56)50(70)64(46(44)38-19-15-36(31-60)16-20-38)25-9-23-62-27-28-63(33-62)24-10-26-65-47(39-21-17-37(32-61)18-22-39)45(49(69)73-6-2)35(4)67(51(65)71)43-14-8-12-41(30-43)53(57,58)59/h7-8,11-22,27-30,46-47H,5-6,9-10,23-26,33H2,1-4H3/p+1/t46-,47-/m1/s1. The monoisotopic (exact) mass is 1010 g/mol. The molecule has 3 heterocycles. The van der Waals surface area contributed by atoms with Gasteiger partial charge in [0.2, 0.25) is 0 Å². The molecule has 0 bridgehead atoms. The van der Waals surface area contributed by atoms with E-state index < -0.39 is 59.6 Å². The third-order valence-corrected chi connectivity index (χ3v) is 12.7. The molecule has 3 aliphatic heterocycles. The van der Waals surface area contributed by atoms with Crippen LogP contribution in [0.4, 0.5) is 47.3 Å². The molecule has 0 saturated heterocycles. The van der Waals surface area contributed by atoms with Gasteiger partial charge in [-0.2, -0.15) is 36.9 Å². The fraction of sp³-hybridized carbons (Fsp3) is 0.321. The van der Waals surface area contributed by atoms with Crippen LogP contribution in [0.1, 0.15) is 86.0 Å². The average molecular weight is 1010 g/mol. The first-order valence-electron chi connectivity index (χ1n) is 23.4. The van der Waals surface area contributed by atoms with E-state index in [1.807, 2.05) is 29.4 Å². The van der Waals surface area contributed by atoms with Gasteiger partial charge in [-0.25, -0.2) is 19.2 Å². The minimum Gasteiger partial charge on any atom is -0.463 e. The number of carbonyl (C=O) groups is 4. The Morgan fingerprint density at radius 1 is 0.644 bits per heavy atom. The van der Waals surface area contributed by atoms with E-state index in [9.17, 15) is 56.0 Å². The number of nitriles is 2. The van der Waals surface area contributed by atoms with E-state index in [-0.39, 0.29) is 60.2 Å². The van der Waals surface area contributed by atoms with Crippen LogP contribution >= 0.6 is 0 Å². The van der Waals surface area contributed by atoms with Crippen LogP contribution < -0.4 is 14.7 Å². The van der Waals surface area contributed by atoms with Crippen molar-refractivity contribution in [2.45, 2.75) is 65.0 Å². The molecule has 0 fully saturated rings. The van der Waals surface area contributed by atoms with E-state index in [1.165, 1.54) is 47.9 Å². The number of hydrogen-bond donors (Lipinski definition) is 1. The Morgan fingerprint density at radius 3 is 1.47 bits per heavy atom. The van der Waals surface area contributed by atoms with Gasteiger partial charge in [0.15, 0.2) is 6.67 Å². The van der Waals surface area contributed by atoms with Crippen LogP contribution in [-0.4, -0.2) is 84.8 Å². The van der Waals surface area contributed by atoms with E-state index >= 15 is 0 Å². The molecule has 380 valence electrons. The van der Waals surface area contributed by atoms with E-state index in [2.05, 4.69) is 0 Å². The number of allylic oxidation sites excluding steroid dienone is 2. The maximum absolute atomic E-state index is 14.7. The third-order valence-electron chi connectivity index (χ3n) is 12.7. The fourth-order valence-corrected chi connectivity index (χ4v) is 9.34. The Hall–Kier alpha value is -8.10. The summed E-state index contributed by atoms with van der Waals surface area (Å²) in [4.78, 5) is 64.9. The van der Waals surface area contributed by atoms with Crippen molar-refractivity contribution in [3.8, 4) is 12.1 Å². The highest BCUT2D eigenvalue weighted by Crippen LogP contribution is 2.43. The molecule has 0 aromatic heterocycles. The lowest BCUT2D eigenvalue weighted by Gasteiger charge is -2.43. The molecule has 4 aromatic rings. The minimum absolute atomic E-state index is 0.0238. The summed E-state index contributed by atoms with van der Waals surface area (Å²) in [5, 5.41) is 19.0. The minimum atomic E-state index is -4.72. The van der Waals surface area contributed by atoms with E-state index in [0.29, 0.717) is 54.9 Å². The predicted octanol–water partition coefficient (Wildman–Crippen LogP) is 9.22. The zero-order valence-electron chi connectivity index (χ0n) is 40.3. The fourth-order valence-electron chi connectivity index (χ4n) is 9.34. The van der Waals surface area contributed by atoms with Crippen molar-refractivity contribution in [2.24, 2.45) is 0 Å². The number of rotatable bonds is 16. The molecule has 1 N–H and O–H groups in total. The summed E-state index contributed by atoms with van der Waals surface area (Å²) in [6, 6.07) is 21.8. The molecule has 4 amide bonds. The summed E-state index contributed by atoms with van der Waals surface area (Å²) in [6.45, 7) is 7.45. The Labute approximate surface area is 417 Å². The highest BCUT2D eigenvalue weighted by atomic mass is 19.4. The van der Waals surface area contributed by atoms with Crippen molar-refractivity contribution in [3.05, 3.63) is 165 Å². The molecule has 3 aliphatic rings. The number of quaternary nitrogens is 1. The number of nitrogens with zero attached hydrogens (tertiary/aromatic N) is 7. The van der Waals surface area contributed by atoms with Gasteiger partial charge in [0.05, 0.1) is 95.0 Å². The number of hydrogen-bond acceptors (Lipinski definition) is 9. The van der Waals surface area contributed by atoms with Crippen LogP contribution in [0.15, 0.2) is 132 Å². The van der Waals surface area contributed by atoms with Gasteiger partial charge >= 0.3 is 36.4 Å². The zero-order valence-corrected chi connectivity index (χ0v) is 40.3. The number of carbonyl (C=O) groups excluding carboxylic acids is 4. The second-order valence-corrected chi connectivity index (χ2v) is 17.3. The number of nitrogens with one attached hydrogen (secondary N) is 1. The first-order chi connectivity index (χ1) is 34.8. The number of anilines is 2. The predicted molar refractivity (Wildman–Crippen MR) is 254 cm³/mol. The SMILES string of the molecule is CCOC(=O)C1=C(C)N(c2cccc(C(F)(F)F)c2)C(=O)N(CCCN2C=C[NH+](CCCN3C(=O)N(c4cccc(C(F)(F)F)c4)C(C)=C(C(=O)OCC)[C@H]3c3ccc(C#N)cc3)C2)[C@@H]1c1ccc(C#N)cc1. The first kappa shape index (κ1) is 52.7. The molecule has 7 rings (SSSR count). The lowest BCUT2D eigenvalue weighted by Crippen LogP contribution is -3.07. The summed E-state index contributed by atoms with van der Waals surface area (Å²) < 4.78 is 94.7. The van der Waals surface area contributed by atoms with Crippen molar-refractivity contribution in [2.75, 3.05) is 55.9 Å². The molecule has 20 heteroatoms. The third kappa shape index (κ3) is 11.3. The smallest absolute Gasteiger partial charge is 0.416 e. The van der Waals surface area contributed by atoms with Crippen molar-refractivity contribution in [3.63, 3.8) is 0 Å². The summed E-state index contributed by atoms with van der Waals surface area (Å²) in [7, 11) is 0. The summed E-state index contributed by atoms with van der Waals surface area (Å²) >= 11 is 0. The number of esters is 2. The lowest BCUT2D eigenvalue weighted by molar-refractivity contribution is -0.849. The van der Waals surface area contributed by atoms with E-state index in [1.54, 1.807) is 62.4 Å².